The van der Waals surface area contributed by atoms with Crippen LogP contribution in [-0.4, -0.2) is 4.57 Å². The molecule has 0 amide bonds. The largest absolute Gasteiger partial charge is 0.310 e. The van der Waals surface area contributed by atoms with Gasteiger partial charge in [-0.2, -0.15) is 0 Å². The molecule has 10 rings (SSSR count). The molecule has 0 N–H and O–H groups in total. The lowest BCUT2D eigenvalue weighted by Crippen LogP contribution is -2.11. The van der Waals surface area contributed by atoms with Gasteiger partial charge in [-0.25, -0.2) is 0 Å². The van der Waals surface area contributed by atoms with Crippen LogP contribution in [0.1, 0.15) is 0 Å². The average Bonchev–Trinajstić information content (AvgIpc) is 3.59. The van der Waals surface area contributed by atoms with Crippen LogP contribution in [0.15, 0.2) is 218 Å². The summed E-state index contributed by atoms with van der Waals surface area (Å²) in [6, 6.07) is 78.9. The van der Waals surface area contributed by atoms with Gasteiger partial charge >= 0.3 is 0 Å². The zero-order valence-electron chi connectivity index (χ0n) is 29.7. The van der Waals surface area contributed by atoms with Crippen molar-refractivity contribution in [2.75, 3.05) is 4.90 Å². The maximum atomic E-state index is 2.43. The predicted octanol–water partition coefficient (Wildman–Crippen LogP) is 14.4. The van der Waals surface area contributed by atoms with Crippen molar-refractivity contribution in [1.82, 2.24) is 4.57 Å². The molecule has 10 aromatic rings. The molecule has 0 unspecified atom stereocenters. The molecule has 0 saturated carbocycles. The first kappa shape index (κ1) is 31.6. The van der Waals surface area contributed by atoms with Gasteiger partial charge in [0.05, 0.1) is 22.4 Å². The standard InChI is InChI=1S/C52H36N2/c1-3-16-37(17-4-1)39-30-32-41(33-31-39)53(42-21-15-20-40(36-42)38-18-5-2-6-19-38)52-35-34-44(43-22-7-8-23-45(43)52)46-24-9-12-27-49(46)54-50-28-13-10-25-47(50)48-26-11-14-29-51(48)54/h1-36H. The molecule has 0 radical (unpaired) electrons. The van der Waals surface area contributed by atoms with Crippen LogP contribution < -0.4 is 4.90 Å². The summed E-state index contributed by atoms with van der Waals surface area (Å²) in [5.41, 5.74) is 14.1. The summed E-state index contributed by atoms with van der Waals surface area (Å²) in [5.74, 6) is 0. The van der Waals surface area contributed by atoms with Gasteiger partial charge in [0, 0.05) is 33.1 Å². The van der Waals surface area contributed by atoms with Gasteiger partial charge in [-0.3, -0.25) is 0 Å². The van der Waals surface area contributed by atoms with E-state index in [4.69, 9.17) is 0 Å². The summed E-state index contributed by atoms with van der Waals surface area (Å²) in [7, 11) is 0. The first-order chi connectivity index (χ1) is 26.8. The minimum Gasteiger partial charge on any atom is -0.310 e. The van der Waals surface area contributed by atoms with Crippen molar-refractivity contribution in [2.24, 2.45) is 0 Å². The number of rotatable bonds is 7. The molecule has 0 saturated heterocycles. The van der Waals surface area contributed by atoms with Gasteiger partial charge in [0.2, 0.25) is 0 Å². The number of hydrogen-bond acceptors (Lipinski definition) is 1. The number of aromatic nitrogens is 1. The summed E-state index contributed by atoms with van der Waals surface area (Å²) in [4.78, 5) is 2.41. The van der Waals surface area contributed by atoms with Gasteiger partial charge in [0.1, 0.15) is 0 Å². The Bertz CT molecular complexity index is 2870. The summed E-state index contributed by atoms with van der Waals surface area (Å²) < 4.78 is 2.43. The molecular formula is C52H36N2. The maximum absolute atomic E-state index is 2.43. The van der Waals surface area contributed by atoms with E-state index in [1.54, 1.807) is 0 Å². The minimum absolute atomic E-state index is 1.10. The number of fused-ring (bicyclic) bond motifs is 4. The average molecular weight is 689 g/mol. The quantitative estimate of drug-likeness (QED) is 0.162. The molecule has 0 fully saturated rings. The lowest BCUT2D eigenvalue weighted by atomic mass is 9.94. The molecule has 9 aromatic carbocycles. The Morgan fingerprint density at radius 1 is 0.296 bits per heavy atom. The summed E-state index contributed by atoms with van der Waals surface area (Å²) in [5, 5.41) is 4.90. The van der Waals surface area contributed by atoms with Crippen molar-refractivity contribution in [3.8, 4) is 39.1 Å². The first-order valence-electron chi connectivity index (χ1n) is 18.5. The number of anilines is 3. The van der Waals surface area contributed by atoms with E-state index >= 15 is 0 Å². The molecule has 0 atom stereocenters. The van der Waals surface area contributed by atoms with Gasteiger partial charge in [-0.1, -0.05) is 170 Å². The van der Waals surface area contributed by atoms with Gasteiger partial charge in [0.25, 0.3) is 0 Å². The fourth-order valence-electron chi connectivity index (χ4n) is 8.11. The summed E-state index contributed by atoms with van der Waals surface area (Å²) >= 11 is 0. The van der Waals surface area contributed by atoms with Crippen molar-refractivity contribution >= 4 is 49.6 Å². The normalized spacial score (nSPS) is 11.3. The van der Waals surface area contributed by atoms with E-state index in [0.29, 0.717) is 0 Å². The Morgan fingerprint density at radius 2 is 0.815 bits per heavy atom. The lowest BCUT2D eigenvalue weighted by Gasteiger charge is -2.28. The van der Waals surface area contributed by atoms with E-state index in [9.17, 15) is 0 Å². The van der Waals surface area contributed by atoms with Crippen molar-refractivity contribution in [1.29, 1.82) is 0 Å². The van der Waals surface area contributed by atoms with Gasteiger partial charge in [-0.15, -0.1) is 0 Å². The van der Waals surface area contributed by atoms with Crippen molar-refractivity contribution < 1.29 is 0 Å². The van der Waals surface area contributed by atoms with Crippen LogP contribution in [0, 0.1) is 0 Å². The third-order valence-corrected chi connectivity index (χ3v) is 10.6. The second-order valence-corrected chi connectivity index (χ2v) is 13.7. The molecular weight excluding hydrogens is 653 g/mol. The molecule has 0 bridgehead atoms. The zero-order valence-corrected chi connectivity index (χ0v) is 29.7. The highest BCUT2D eigenvalue weighted by atomic mass is 15.1. The Hall–Kier alpha value is -7.16. The fraction of sp³-hybridized carbons (Fsp3) is 0. The summed E-state index contributed by atoms with van der Waals surface area (Å²) in [6.45, 7) is 0. The minimum atomic E-state index is 1.10. The van der Waals surface area contributed by atoms with Crippen LogP contribution in [0.3, 0.4) is 0 Å². The number of nitrogens with zero attached hydrogens (tertiary/aromatic N) is 2. The summed E-state index contributed by atoms with van der Waals surface area (Å²) in [6.07, 6.45) is 0. The molecule has 0 aliphatic carbocycles. The Labute approximate surface area is 315 Å². The van der Waals surface area contributed by atoms with E-state index in [-0.39, 0.29) is 0 Å². The molecule has 2 nitrogen and oxygen atoms in total. The molecule has 1 heterocycles. The van der Waals surface area contributed by atoms with Gasteiger partial charge in [0.15, 0.2) is 0 Å². The predicted molar refractivity (Wildman–Crippen MR) is 229 cm³/mol. The van der Waals surface area contributed by atoms with Crippen LogP contribution in [0.2, 0.25) is 0 Å². The van der Waals surface area contributed by atoms with E-state index in [1.165, 1.54) is 66.0 Å². The lowest BCUT2D eigenvalue weighted by molar-refractivity contribution is 1.18. The first-order valence-corrected chi connectivity index (χ1v) is 18.5. The third-order valence-electron chi connectivity index (χ3n) is 10.6. The van der Waals surface area contributed by atoms with E-state index in [0.717, 1.165) is 22.7 Å². The zero-order chi connectivity index (χ0) is 35.8. The smallest absolute Gasteiger partial charge is 0.0541 e. The molecule has 254 valence electrons. The SMILES string of the molecule is c1ccc(-c2ccc(N(c3cccc(-c4ccccc4)c3)c3ccc(-c4ccccc4-n4c5ccccc5c5ccccc54)c4ccccc34)cc2)cc1. The number of hydrogen-bond donors (Lipinski definition) is 0. The highest BCUT2D eigenvalue weighted by Gasteiger charge is 2.20. The van der Waals surface area contributed by atoms with Crippen LogP contribution in [0.25, 0.3) is 71.6 Å². The molecule has 54 heavy (non-hydrogen) atoms. The molecule has 0 aliphatic heterocycles. The fourth-order valence-corrected chi connectivity index (χ4v) is 8.11. The number of benzene rings is 9. The van der Waals surface area contributed by atoms with Gasteiger partial charge in [-0.05, 0) is 81.7 Å². The van der Waals surface area contributed by atoms with E-state index < -0.39 is 0 Å². The van der Waals surface area contributed by atoms with Crippen LogP contribution >= 0.6 is 0 Å². The molecule has 0 aliphatic rings. The third kappa shape index (κ3) is 5.44. The topological polar surface area (TPSA) is 8.17 Å². The second-order valence-electron chi connectivity index (χ2n) is 13.7. The Balaban J connectivity index is 1.17. The van der Waals surface area contributed by atoms with E-state index in [1.807, 2.05) is 0 Å². The van der Waals surface area contributed by atoms with Crippen LogP contribution in [0.4, 0.5) is 17.1 Å². The molecule has 2 heteroatoms. The molecule has 0 spiro atoms. The highest BCUT2D eigenvalue weighted by Crippen LogP contribution is 2.45. The van der Waals surface area contributed by atoms with Crippen LogP contribution in [-0.2, 0) is 0 Å². The van der Waals surface area contributed by atoms with Crippen molar-refractivity contribution in [3.05, 3.63) is 218 Å². The van der Waals surface area contributed by atoms with Crippen molar-refractivity contribution in [3.63, 3.8) is 0 Å². The second kappa shape index (κ2) is 13.4. The van der Waals surface area contributed by atoms with Crippen LogP contribution in [0.5, 0.6) is 0 Å². The highest BCUT2D eigenvalue weighted by molar-refractivity contribution is 6.11. The Morgan fingerprint density at radius 3 is 1.50 bits per heavy atom. The van der Waals surface area contributed by atoms with Gasteiger partial charge < -0.3 is 9.47 Å². The monoisotopic (exact) mass is 688 g/mol. The molecule has 1 aromatic heterocycles. The van der Waals surface area contributed by atoms with E-state index in [2.05, 4.69) is 228 Å². The van der Waals surface area contributed by atoms with Crippen molar-refractivity contribution in [2.45, 2.75) is 0 Å². The Kier molecular flexibility index (Phi) is 7.85. The maximum Gasteiger partial charge on any atom is 0.0541 e. The number of para-hydroxylation sites is 3.